The van der Waals surface area contributed by atoms with E-state index < -0.39 is 22.2 Å². The maximum atomic E-state index is 13.0. The summed E-state index contributed by atoms with van der Waals surface area (Å²) in [5.74, 6) is 0.581. The largest absolute Gasteiger partial charge is 0.489 e. The number of carbonyl (C=O) groups is 2. The number of hydrogen-bond acceptors (Lipinski definition) is 6. The maximum absolute atomic E-state index is 13.0. The Hall–Kier alpha value is -3.11. The highest BCUT2D eigenvalue weighted by molar-refractivity contribution is 7.89. The zero-order valence-electron chi connectivity index (χ0n) is 20.5. The molecule has 0 spiro atoms. The van der Waals surface area contributed by atoms with Crippen molar-refractivity contribution in [3.8, 4) is 0 Å². The van der Waals surface area contributed by atoms with Crippen LogP contribution in [0.5, 0.6) is 0 Å². The first-order chi connectivity index (χ1) is 16.5. The van der Waals surface area contributed by atoms with Gasteiger partial charge in [-0.15, -0.1) is 0 Å². The summed E-state index contributed by atoms with van der Waals surface area (Å²) in [6, 6.07) is 6.73. The summed E-state index contributed by atoms with van der Waals surface area (Å²) >= 11 is 0. The predicted octanol–water partition coefficient (Wildman–Crippen LogP) is 3.68. The van der Waals surface area contributed by atoms with Crippen LogP contribution in [-0.4, -0.2) is 61.4 Å². The Labute approximate surface area is 206 Å². The first kappa shape index (κ1) is 26.5. The van der Waals surface area contributed by atoms with Gasteiger partial charge in [-0.05, 0) is 36.1 Å². The normalized spacial score (nSPS) is 18.3. The van der Waals surface area contributed by atoms with Crippen molar-refractivity contribution in [3.05, 3.63) is 65.3 Å². The Balaban J connectivity index is 2.09. The summed E-state index contributed by atoms with van der Waals surface area (Å²) in [6.07, 6.45) is 3.78. The summed E-state index contributed by atoms with van der Waals surface area (Å²) in [6.45, 7) is 6.92. The molecule has 0 aromatic heterocycles. The number of allylic oxidation sites excluding steroid dienone is 1. The molecule has 190 valence electrons. The molecule has 9 nitrogen and oxygen atoms in total. The Bertz CT molecular complexity index is 1150. The van der Waals surface area contributed by atoms with E-state index >= 15 is 0 Å². The third-order valence-electron chi connectivity index (χ3n) is 5.67. The van der Waals surface area contributed by atoms with Gasteiger partial charge in [-0.3, -0.25) is 9.69 Å². The lowest BCUT2D eigenvalue weighted by Crippen LogP contribution is -2.44. The molecule has 1 amide bonds. The molecule has 0 fully saturated rings. The summed E-state index contributed by atoms with van der Waals surface area (Å²) in [7, 11) is -2.50. The van der Waals surface area contributed by atoms with Crippen LogP contribution in [0.3, 0.4) is 0 Å². The van der Waals surface area contributed by atoms with Crippen LogP contribution in [0.4, 0.5) is 4.79 Å². The lowest BCUT2D eigenvalue weighted by molar-refractivity contribution is -0.119. The third kappa shape index (κ3) is 6.12. The van der Waals surface area contributed by atoms with Crippen molar-refractivity contribution in [3.63, 3.8) is 0 Å². The van der Waals surface area contributed by atoms with Crippen molar-refractivity contribution in [2.45, 2.75) is 51.0 Å². The predicted molar refractivity (Wildman–Crippen MR) is 132 cm³/mol. The van der Waals surface area contributed by atoms with Gasteiger partial charge in [0.15, 0.2) is 17.4 Å². The van der Waals surface area contributed by atoms with E-state index in [1.807, 2.05) is 20.8 Å². The SMILES string of the molecule is CCCCOC1=C(N(C)C(=O)O)N(CC(C)C)C=C2CC(=O)C(NS(=O)(=O)c3ccccc3)C=C21. The number of fused-ring (bicyclic) bond motifs is 1. The fourth-order valence-electron chi connectivity index (χ4n) is 3.96. The molecule has 2 N–H and O–H groups in total. The van der Waals surface area contributed by atoms with Crippen molar-refractivity contribution in [1.82, 2.24) is 14.5 Å². The number of carbonyl (C=O) groups excluding carboxylic acids is 1. The van der Waals surface area contributed by atoms with E-state index in [-0.39, 0.29) is 23.0 Å². The molecule has 0 saturated heterocycles. The molecule has 0 saturated carbocycles. The van der Waals surface area contributed by atoms with Gasteiger partial charge in [-0.25, -0.2) is 13.2 Å². The lowest BCUT2D eigenvalue weighted by atomic mass is 9.87. The van der Waals surface area contributed by atoms with Crippen LogP contribution in [0.2, 0.25) is 0 Å². The van der Waals surface area contributed by atoms with Gasteiger partial charge in [0, 0.05) is 31.8 Å². The third-order valence-corrected chi connectivity index (χ3v) is 7.13. The topological polar surface area (TPSA) is 116 Å². The molecule has 35 heavy (non-hydrogen) atoms. The number of unbranched alkanes of at least 4 members (excludes halogenated alkanes) is 1. The van der Waals surface area contributed by atoms with Crippen LogP contribution in [-0.2, 0) is 19.6 Å². The Kier molecular flexibility index (Phi) is 8.39. The molecule has 10 heteroatoms. The average molecular weight is 504 g/mol. The van der Waals surface area contributed by atoms with Crippen LogP contribution < -0.4 is 4.72 Å². The molecule has 1 aromatic rings. The quantitative estimate of drug-likeness (QED) is 0.468. The van der Waals surface area contributed by atoms with E-state index in [9.17, 15) is 23.1 Å². The van der Waals surface area contributed by atoms with Crippen LogP contribution in [0.1, 0.15) is 40.0 Å². The number of hydrogen-bond donors (Lipinski definition) is 2. The maximum Gasteiger partial charge on any atom is 0.412 e. The molecule has 2 aliphatic rings. The summed E-state index contributed by atoms with van der Waals surface area (Å²) in [4.78, 5) is 27.9. The second-order valence-corrected chi connectivity index (χ2v) is 10.7. The number of sulfonamides is 1. The summed E-state index contributed by atoms with van der Waals surface area (Å²) in [5, 5.41) is 9.77. The molecular formula is C25H33N3O6S. The van der Waals surface area contributed by atoms with Gasteiger partial charge in [0.05, 0.1) is 17.5 Å². The van der Waals surface area contributed by atoms with Crippen LogP contribution in [0.15, 0.2) is 70.2 Å². The zero-order valence-corrected chi connectivity index (χ0v) is 21.3. The number of ketones is 1. The fraction of sp³-hybridized carbons (Fsp3) is 0.440. The molecule has 3 rings (SSSR count). The first-order valence-corrected chi connectivity index (χ1v) is 13.2. The number of amides is 1. The minimum Gasteiger partial charge on any atom is -0.489 e. The molecule has 1 aliphatic heterocycles. The molecule has 1 atom stereocenters. The number of ether oxygens (including phenoxy) is 1. The van der Waals surface area contributed by atoms with Gasteiger partial charge in [-0.2, -0.15) is 4.72 Å². The molecule has 0 bridgehead atoms. The smallest absolute Gasteiger partial charge is 0.412 e. The number of carboxylic acid groups (broad SMARTS) is 1. The van der Waals surface area contributed by atoms with Gasteiger partial charge < -0.3 is 14.7 Å². The highest BCUT2D eigenvalue weighted by Crippen LogP contribution is 2.38. The number of benzene rings is 1. The molecule has 1 aliphatic carbocycles. The second-order valence-electron chi connectivity index (χ2n) is 9.03. The Morgan fingerprint density at radius 2 is 1.97 bits per heavy atom. The van der Waals surface area contributed by atoms with Gasteiger partial charge in [0.25, 0.3) is 0 Å². The minimum absolute atomic E-state index is 0.00684. The monoisotopic (exact) mass is 503 g/mol. The number of rotatable bonds is 10. The van der Waals surface area contributed by atoms with Gasteiger partial charge in [-0.1, -0.05) is 45.4 Å². The van der Waals surface area contributed by atoms with Gasteiger partial charge >= 0.3 is 6.09 Å². The Morgan fingerprint density at radius 3 is 2.57 bits per heavy atom. The number of nitrogens with zero attached hydrogens (tertiary/aromatic N) is 2. The zero-order chi connectivity index (χ0) is 25.8. The Morgan fingerprint density at radius 1 is 1.29 bits per heavy atom. The van der Waals surface area contributed by atoms with E-state index in [1.54, 1.807) is 29.3 Å². The van der Waals surface area contributed by atoms with E-state index in [1.165, 1.54) is 25.3 Å². The molecule has 0 radical (unpaired) electrons. The van der Waals surface area contributed by atoms with Crippen molar-refractivity contribution < 1.29 is 27.9 Å². The fourth-order valence-corrected chi connectivity index (χ4v) is 5.15. The summed E-state index contributed by atoms with van der Waals surface area (Å²) in [5.41, 5.74) is 1.20. The van der Waals surface area contributed by atoms with Crippen LogP contribution in [0.25, 0.3) is 0 Å². The van der Waals surface area contributed by atoms with E-state index in [0.717, 1.165) is 17.7 Å². The van der Waals surface area contributed by atoms with E-state index in [2.05, 4.69) is 4.72 Å². The highest BCUT2D eigenvalue weighted by atomic mass is 32.2. The van der Waals surface area contributed by atoms with Crippen molar-refractivity contribution >= 4 is 21.9 Å². The van der Waals surface area contributed by atoms with Crippen LogP contribution in [0, 0.1) is 5.92 Å². The molecule has 1 aromatic carbocycles. The van der Waals surface area contributed by atoms with Crippen LogP contribution >= 0.6 is 0 Å². The summed E-state index contributed by atoms with van der Waals surface area (Å²) < 4.78 is 34.4. The first-order valence-electron chi connectivity index (χ1n) is 11.7. The van der Waals surface area contributed by atoms with E-state index in [4.69, 9.17) is 4.74 Å². The number of nitrogens with one attached hydrogen (secondary N) is 1. The lowest BCUT2D eigenvalue weighted by Gasteiger charge is -2.38. The molecule has 1 heterocycles. The average Bonchev–Trinajstić information content (AvgIpc) is 2.79. The standard InChI is InChI=1S/C25H33N3O6S/c1-5-6-12-34-23-20-14-21(26-35(32,33)19-10-8-7-9-11-19)22(29)13-18(20)16-28(15-17(2)3)24(23)27(4)25(30)31/h7-11,14,16-17,21,26H,5-6,12-13,15H2,1-4H3,(H,30,31). The van der Waals surface area contributed by atoms with Gasteiger partial charge in [0.1, 0.15) is 0 Å². The van der Waals surface area contributed by atoms with Gasteiger partial charge in [0.2, 0.25) is 10.0 Å². The van der Waals surface area contributed by atoms with E-state index in [0.29, 0.717) is 35.9 Å². The molecule has 1 unspecified atom stereocenters. The van der Waals surface area contributed by atoms with Crippen molar-refractivity contribution in [2.24, 2.45) is 5.92 Å². The minimum atomic E-state index is -3.95. The second kappa shape index (κ2) is 11.1. The molecular weight excluding hydrogens is 470 g/mol. The number of Topliss-reactive ketones (excluding diaryl/α,β-unsaturated/α-hetero) is 1. The highest BCUT2D eigenvalue weighted by Gasteiger charge is 2.37. The van der Waals surface area contributed by atoms with Crippen molar-refractivity contribution in [1.29, 1.82) is 0 Å². The van der Waals surface area contributed by atoms with Crippen molar-refractivity contribution in [2.75, 3.05) is 20.2 Å².